The highest BCUT2D eigenvalue weighted by atomic mass is 35.5. The number of ether oxygens (including phenoxy) is 1. The average Bonchev–Trinajstić information content (AvgIpc) is 2.52. The topological polar surface area (TPSA) is 84.6 Å². The molecule has 2 unspecified atom stereocenters. The van der Waals surface area contributed by atoms with Crippen molar-refractivity contribution in [2.75, 3.05) is 6.61 Å². The lowest BCUT2D eigenvalue weighted by molar-refractivity contribution is -0.170. The summed E-state index contributed by atoms with van der Waals surface area (Å²) in [6.45, 7) is 6.92. The third-order valence-corrected chi connectivity index (χ3v) is 4.86. The summed E-state index contributed by atoms with van der Waals surface area (Å²) in [5.41, 5.74) is 6.82. The van der Waals surface area contributed by atoms with Gasteiger partial charge >= 0.3 is 0 Å². The van der Waals surface area contributed by atoms with Gasteiger partial charge < -0.3 is 20.9 Å². The first-order chi connectivity index (χ1) is 10.3. The molecule has 2 atom stereocenters. The Morgan fingerprint density at radius 1 is 1.43 bits per heavy atom. The second-order valence-electron chi connectivity index (χ2n) is 6.50. The number of carbonyl (C=O) groups is 1. The van der Waals surface area contributed by atoms with Crippen LogP contribution in [0.3, 0.4) is 0 Å². The van der Waals surface area contributed by atoms with Crippen LogP contribution in [0.15, 0.2) is 24.3 Å². The fraction of sp³-hybridized carbons (Fsp3) is 0.588. The van der Waals surface area contributed by atoms with E-state index in [1.54, 1.807) is 0 Å². The van der Waals surface area contributed by atoms with E-state index in [4.69, 9.17) is 15.6 Å². The lowest BCUT2D eigenvalue weighted by atomic mass is 9.54. The van der Waals surface area contributed by atoms with E-state index in [1.165, 1.54) is 0 Å². The molecule has 5 nitrogen and oxygen atoms in total. The van der Waals surface area contributed by atoms with Gasteiger partial charge in [-0.15, -0.1) is 12.4 Å². The first-order valence-electron chi connectivity index (χ1n) is 7.72. The molecule has 1 amide bonds. The van der Waals surface area contributed by atoms with E-state index in [0.29, 0.717) is 19.6 Å². The molecule has 0 aliphatic heterocycles. The van der Waals surface area contributed by atoms with Gasteiger partial charge in [0.05, 0.1) is 12.7 Å². The second-order valence-corrected chi connectivity index (χ2v) is 6.50. The largest absolute Gasteiger partial charge is 0.392 e. The van der Waals surface area contributed by atoms with E-state index in [0.717, 1.165) is 11.1 Å². The summed E-state index contributed by atoms with van der Waals surface area (Å²) in [5, 5.41) is 12.1. The smallest absolute Gasteiger partial charge is 0.241 e. The van der Waals surface area contributed by atoms with Crippen LogP contribution < -0.4 is 11.1 Å². The molecule has 0 saturated heterocycles. The molecule has 1 fully saturated rings. The summed E-state index contributed by atoms with van der Waals surface area (Å²) < 4.78 is 5.64. The molecule has 0 aromatic heterocycles. The molecule has 1 aliphatic carbocycles. The Balaban J connectivity index is 0.00000264. The van der Waals surface area contributed by atoms with Crippen molar-refractivity contribution < 1.29 is 14.6 Å². The zero-order valence-corrected chi connectivity index (χ0v) is 14.8. The number of hydrogen-bond acceptors (Lipinski definition) is 4. The van der Waals surface area contributed by atoms with Crippen LogP contribution in [0.4, 0.5) is 0 Å². The quantitative estimate of drug-likeness (QED) is 0.735. The Morgan fingerprint density at radius 2 is 2.09 bits per heavy atom. The summed E-state index contributed by atoms with van der Waals surface area (Å²) >= 11 is 0. The number of nitrogens with two attached hydrogens (primary N) is 1. The highest BCUT2D eigenvalue weighted by molar-refractivity contribution is 5.88. The van der Waals surface area contributed by atoms with E-state index >= 15 is 0 Å². The van der Waals surface area contributed by atoms with E-state index < -0.39 is 5.54 Å². The Morgan fingerprint density at radius 3 is 2.65 bits per heavy atom. The molecule has 2 rings (SSSR count). The van der Waals surface area contributed by atoms with Crippen LogP contribution in [0.25, 0.3) is 0 Å². The predicted octanol–water partition coefficient (Wildman–Crippen LogP) is 1.75. The lowest BCUT2D eigenvalue weighted by Crippen LogP contribution is -2.75. The monoisotopic (exact) mass is 342 g/mol. The summed E-state index contributed by atoms with van der Waals surface area (Å²) in [6, 6.07) is 7.50. The van der Waals surface area contributed by atoms with Crippen molar-refractivity contribution in [2.45, 2.75) is 52.0 Å². The summed E-state index contributed by atoms with van der Waals surface area (Å²) in [6.07, 6.45) is 0.557. The average molecular weight is 343 g/mol. The molecular weight excluding hydrogens is 316 g/mol. The Labute approximate surface area is 144 Å². The molecule has 0 radical (unpaired) electrons. The molecule has 130 valence electrons. The Hall–Kier alpha value is -1.14. The molecule has 1 aliphatic rings. The van der Waals surface area contributed by atoms with E-state index in [9.17, 15) is 4.79 Å². The van der Waals surface area contributed by atoms with Crippen molar-refractivity contribution in [3.8, 4) is 0 Å². The molecule has 23 heavy (non-hydrogen) atoms. The van der Waals surface area contributed by atoms with Crippen LogP contribution in [0, 0.1) is 5.41 Å². The number of halogens is 1. The number of amides is 1. The minimum Gasteiger partial charge on any atom is -0.392 e. The van der Waals surface area contributed by atoms with Gasteiger partial charge in [-0.25, -0.2) is 0 Å². The molecule has 4 N–H and O–H groups in total. The lowest BCUT2D eigenvalue weighted by Gasteiger charge is -2.57. The van der Waals surface area contributed by atoms with Gasteiger partial charge in [0.2, 0.25) is 5.91 Å². The van der Waals surface area contributed by atoms with Gasteiger partial charge in [0.25, 0.3) is 0 Å². The minimum atomic E-state index is -0.901. The van der Waals surface area contributed by atoms with Crippen molar-refractivity contribution in [3.63, 3.8) is 0 Å². The van der Waals surface area contributed by atoms with Crippen molar-refractivity contribution in [1.82, 2.24) is 5.32 Å². The zero-order chi connectivity index (χ0) is 16.4. The fourth-order valence-corrected chi connectivity index (χ4v) is 3.00. The molecule has 0 heterocycles. The standard InChI is InChI=1S/C17H26N2O3.ClH/c1-4-22-14-9-17(18,16(14,2)3)15(21)19-10-12-6-5-7-13(8-12)11-20;/h5-8,14,20H,4,9-11,18H2,1-3H3,(H,19,21);1H. The molecular formula is C17H27ClN2O3. The van der Waals surface area contributed by atoms with Crippen molar-refractivity contribution in [3.05, 3.63) is 35.4 Å². The second kappa shape index (κ2) is 7.62. The number of rotatable bonds is 6. The number of aliphatic hydroxyl groups excluding tert-OH is 1. The van der Waals surface area contributed by atoms with Crippen LogP contribution in [0.1, 0.15) is 38.3 Å². The molecule has 1 saturated carbocycles. The van der Waals surface area contributed by atoms with Crippen LogP contribution in [-0.4, -0.2) is 29.3 Å². The maximum absolute atomic E-state index is 12.5. The van der Waals surface area contributed by atoms with Gasteiger partial charge in [-0.3, -0.25) is 4.79 Å². The number of benzene rings is 1. The van der Waals surface area contributed by atoms with E-state index in [2.05, 4.69) is 5.32 Å². The Bertz CT molecular complexity index is 550. The van der Waals surface area contributed by atoms with Gasteiger partial charge in [0.1, 0.15) is 5.54 Å². The zero-order valence-electron chi connectivity index (χ0n) is 14.0. The number of nitrogens with one attached hydrogen (secondary N) is 1. The third kappa shape index (κ3) is 3.69. The van der Waals surface area contributed by atoms with Gasteiger partial charge in [0, 0.05) is 25.0 Å². The highest BCUT2D eigenvalue weighted by Crippen LogP contribution is 2.49. The predicted molar refractivity (Wildman–Crippen MR) is 92.2 cm³/mol. The first kappa shape index (κ1) is 19.9. The van der Waals surface area contributed by atoms with Crippen LogP contribution in [-0.2, 0) is 22.7 Å². The van der Waals surface area contributed by atoms with Crippen LogP contribution in [0.5, 0.6) is 0 Å². The molecule has 1 aromatic rings. The van der Waals surface area contributed by atoms with Gasteiger partial charge in [-0.1, -0.05) is 38.1 Å². The first-order valence-corrected chi connectivity index (χ1v) is 7.72. The third-order valence-electron chi connectivity index (χ3n) is 4.86. The van der Waals surface area contributed by atoms with Gasteiger partial charge in [0.15, 0.2) is 0 Å². The van der Waals surface area contributed by atoms with Crippen LogP contribution >= 0.6 is 12.4 Å². The Kier molecular flexibility index (Phi) is 6.59. The van der Waals surface area contributed by atoms with Crippen molar-refractivity contribution in [2.24, 2.45) is 11.1 Å². The summed E-state index contributed by atoms with van der Waals surface area (Å²) in [5.74, 6) is -0.150. The SMILES string of the molecule is CCOC1CC(N)(C(=O)NCc2cccc(CO)c2)C1(C)C.Cl. The maximum Gasteiger partial charge on any atom is 0.241 e. The molecule has 0 bridgehead atoms. The van der Waals surface area contributed by atoms with Crippen LogP contribution in [0.2, 0.25) is 0 Å². The van der Waals surface area contributed by atoms with E-state index in [1.807, 2.05) is 45.0 Å². The number of carbonyl (C=O) groups excluding carboxylic acids is 1. The van der Waals surface area contributed by atoms with Gasteiger partial charge in [-0.2, -0.15) is 0 Å². The normalized spacial score (nSPS) is 25.2. The van der Waals surface area contributed by atoms with Gasteiger partial charge in [-0.05, 0) is 18.1 Å². The van der Waals surface area contributed by atoms with Crippen molar-refractivity contribution >= 4 is 18.3 Å². The summed E-state index contributed by atoms with van der Waals surface area (Å²) in [7, 11) is 0. The van der Waals surface area contributed by atoms with Crippen molar-refractivity contribution in [1.29, 1.82) is 0 Å². The van der Waals surface area contributed by atoms with E-state index in [-0.39, 0.29) is 36.4 Å². The fourth-order valence-electron chi connectivity index (χ4n) is 3.00. The number of aliphatic hydroxyl groups is 1. The minimum absolute atomic E-state index is 0. The summed E-state index contributed by atoms with van der Waals surface area (Å²) in [4.78, 5) is 12.5. The molecule has 6 heteroatoms. The highest BCUT2D eigenvalue weighted by Gasteiger charge is 2.62. The maximum atomic E-state index is 12.5. The molecule has 0 spiro atoms. The molecule has 1 aromatic carbocycles. The number of hydrogen-bond donors (Lipinski definition) is 3.